The van der Waals surface area contributed by atoms with E-state index in [1.807, 2.05) is 41.2 Å². The fourth-order valence-electron chi connectivity index (χ4n) is 2.47. The van der Waals surface area contributed by atoms with Gasteiger partial charge in [0.25, 0.3) is 0 Å². The Morgan fingerprint density at radius 3 is 2.95 bits per heavy atom. The fourth-order valence-corrected chi connectivity index (χ4v) is 2.47. The smallest absolute Gasteiger partial charge is 0.322 e. The Labute approximate surface area is 129 Å². The van der Waals surface area contributed by atoms with Crippen molar-refractivity contribution in [2.24, 2.45) is 0 Å². The van der Waals surface area contributed by atoms with Gasteiger partial charge in [0.15, 0.2) is 0 Å². The van der Waals surface area contributed by atoms with E-state index in [9.17, 15) is 4.79 Å². The number of urea groups is 1. The van der Waals surface area contributed by atoms with E-state index in [0.29, 0.717) is 13.1 Å². The van der Waals surface area contributed by atoms with Crippen LogP contribution in [0.15, 0.2) is 42.7 Å². The summed E-state index contributed by atoms with van der Waals surface area (Å²) >= 11 is 0. The highest BCUT2D eigenvalue weighted by Crippen LogP contribution is 2.27. The van der Waals surface area contributed by atoms with Crippen molar-refractivity contribution in [1.82, 2.24) is 14.7 Å². The van der Waals surface area contributed by atoms with E-state index in [2.05, 4.69) is 10.4 Å². The largest absolute Gasteiger partial charge is 0.395 e. The monoisotopic (exact) mass is 300 g/mol. The van der Waals surface area contributed by atoms with Crippen molar-refractivity contribution < 1.29 is 9.90 Å². The third kappa shape index (κ3) is 3.65. The summed E-state index contributed by atoms with van der Waals surface area (Å²) < 4.78 is 1.84. The number of benzene rings is 1. The lowest BCUT2D eigenvalue weighted by Crippen LogP contribution is -2.38. The molecule has 1 aromatic heterocycles. The molecule has 0 bridgehead atoms. The number of hydrogen-bond acceptors (Lipinski definition) is 3. The van der Waals surface area contributed by atoms with Gasteiger partial charge in [0.1, 0.15) is 0 Å². The minimum absolute atomic E-state index is 0.0107. The molecule has 0 atom stereocenters. The molecule has 2 N–H and O–H groups in total. The fraction of sp³-hybridized carbons (Fsp3) is 0.375. The van der Waals surface area contributed by atoms with Crippen LogP contribution in [0.5, 0.6) is 0 Å². The molecular formula is C16H20N4O2. The number of aromatic nitrogens is 2. The summed E-state index contributed by atoms with van der Waals surface area (Å²) in [5.41, 5.74) is 1.83. The number of nitrogens with one attached hydrogen (secondary N) is 1. The highest BCUT2D eigenvalue weighted by molar-refractivity contribution is 5.89. The van der Waals surface area contributed by atoms with Gasteiger partial charge < -0.3 is 15.3 Å². The van der Waals surface area contributed by atoms with Crippen molar-refractivity contribution in [2.45, 2.75) is 25.4 Å². The molecule has 1 heterocycles. The van der Waals surface area contributed by atoms with Gasteiger partial charge in [-0.25, -0.2) is 4.79 Å². The zero-order valence-corrected chi connectivity index (χ0v) is 12.4. The van der Waals surface area contributed by atoms with Crippen LogP contribution < -0.4 is 5.32 Å². The lowest BCUT2D eigenvalue weighted by molar-refractivity contribution is 0.185. The van der Waals surface area contributed by atoms with Gasteiger partial charge in [-0.15, -0.1) is 0 Å². The average Bonchev–Trinajstić information content (AvgIpc) is 3.22. The molecule has 3 rings (SSSR count). The van der Waals surface area contributed by atoms with Gasteiger partial charge in [0.05, 0.1) is 13.2 Å². The summed E-state index contributed by atoms with van der Waals surface area (Å²) in [6.07, 6.45) is 5.69. The Morgan fingerprint density at radius 1 is 1.41 bits per heavy atom. The molecule has 6 nitrogen and oxygen atoms in total. The summed E-state index contributed by atoms with van der Waals surface area (Å²) in [4.78, 5) is 14.0. The van der Waals surface area contributed by atoms with Crippen LogP contribution in [0.25, 0.3) is 0 Å². The molecule has 0 unspecified atom stereocenters. The highest BCUT2D eigenvalue weighted by Gasteiger charge is 2.32. The zero-order chi connectivity index (χ0) is 15.4. The highest BCUT2D eigenvalue weighted by atomic mass is 16.3. The van der Waals surface area contributed by atoms with E-state index in [-0.39, 0.29) is 18.7 Å². The Balaban J connectivity index is 1.65. The number of aliphatic hydroxyl groups excluding tert-OH is 1. The molecule has 1 saturated carbocycles. The maximum atomic E-state index is 12.3. The Hall–Kier alpha value is -2.34. The number of hydrogen-bond donors (Lipinski definition) is 2. The molecule has 116 valence electrons. The predicted molar refractivity (Wildman–Crippen MR) is 83.6 cm³/mol. The van der Waals surface area contributed by atoms with Gasteiger partial charge >= 0.3 is 6.03 Å². The molecule has 22 heavy (non-hydrogen) atoms. The van der Waals surface area contributed by atoms with Crippen molar-refractivity contribution in [3.05, 3.63) is 48.3 Å². The van der Waals surface area contributed by atoms with Gasteiger partial charge in [-0.3, -0.25) is 4.68 Å². The number of nitrogens with zero attached hydrogens (tertiary/aromatic N) is 3. The maximum absolute atomic E-state index is 12.3. The van der Waals surface area contributed by atoms with Crippen LogP contribution in [-0.2, 0) is 6.54 Å². The molecular weight excluding hydrogens is 280 g/mol. The molecule has 1 aromatic carbocycles. The third-order valence-corrected chi connectivity index (χ3v) is 3.67. The summed E-state index contributed by atoms with van der Waals surface area (Å²) in [5, 5.41) is 16.2. The second-order valence-electron chi connectivity index (χ2n) is 5.48. The van der Waals surface area contributed by atoms with E-state index in [1.165, 1.54) is 0 Å². The molecule has 0 saturated heterocycles. The van der Waals surface area contributed by atoms with Crippen LogP contribution >= 0.6 is 0 Å². The lowest BCUT2D eigenvalue weighted by Gasteiger charge is -2.22. The second kappa shape index (κ2) is 6.62. The number of carbonyl (C=O) groups is 1. The van der Waals surface area contributed by atoms with Crippen molar-refractivity contribution in [2.75, 3.05) is 18.5 Å². The minimum Gasteiger partial charge on any atom is -0.395 e. The van der Waals surface area contributed by atoms with Crippen molar-refractivity contribution in [3.8, 4) is 0 Å². The number of carbonyl (C=O) groups excluding carboxylic acids is 1. The molecule has 0 aliphatic heterocycles. The number of aliphatic hydroxyl groups is 1. The first-order chi connectivity index (χ1) is 10.8. The van der Waals surface area contributed by atoms with Crippen molar-refractivity contribution >= 4 is 11.7 Å². The van der Waals surface area contributed by atoms with Crippen LogP contribution in [0.2, 0.25) is 0 Å². The quantitative estimate of drug-likeness (QED) is 0.856. The topological polar surface area (TPSA) is 70.4 Å². The predicted octanol–water partition coefficient (Wildman–Crippen LogP) is 1.92. The van der Waals surface area contributed by atoms with Gasteiger partial charge in [-0.05, 0) is 36.6 Å². The Kier molecular flexibility index (Phi) is 4.39. The van der Waals surface area contributed by atoms with E-state index >= 15 is 0 Å². The normalized spacial score (nSPS) is 13.9. The molecule has 2 amide bonds. The summed E-state index contributed by atoms with van der Waals surface area (Å²) in [6.45, 7) is 1.03. The molecule has 6 heteroatoms. The van der Waals surface area contributed by atoms with Crippen LogP contribution in [-0.4, -0.2) is 45.0 Å². The molecule has 0 spiro atoms. The molecule has 1 aliphatic rings. The first-order valence-corrected chi connectivity index (χ1v) is 7.51. The van der Waals surface area contributed by atoms with E-state index in [0.717, 1.165) is 24.1 Å². The first-order valence-electron chi connectivity index (χ1n) is 7.51. The summed E-state index contributed by atoms with van der Waals surface area (Å²) in [7, 11) is 0. The standard InChI is InChI=1S/C16H20N4O2/c21-10-9-20(15-5-6-15)16(22)18-14-4-1-3-13(11-14)12-19-8-2-7-17-19/h1-4,7-8,11,15,21H,5-6,9-10,12H2,(H,18,22). The number of anilines is 1. The Bertz CT molecular complexity index is 623. The summed E-state index contributed by atoms with van der Waals surface area (Å²) in [6, 6.07) is 9.75. The maximum Gasteiger partial charge on any atom is 0.322 e. The number of rotatable bonds is 6. The first kappa shape index (κ1) is 14.6. The molecule has 1 aliphatic carbocycles. The van der Waals surface area contributed by atoms with Crippen LogP contribution in [0.3, 0.4) is 0 Å². The Morgan fingerprint density at radius 2 is 2.27 bits per heavy atom. The van der Waals surface area contributed by atoms with Gasteiger partial charge in [0.2, 0.25) is 0 Å². The lowest BCUT2D eigenvalue weighted by atomic mass is 10.2. The van der Waals surface area contributed by atoms with Crippen molar-refractivity contribution in [1.29, 1.82) is 0 Å². The molecule has 1 fully saturated rings. The van der Waals surface area contributed by atoms with Crippen LogP contribution in [0.1, 0.15) is 18.4 Å². The van der Waals surface area contributed by atoms with E-state index < -0.39 is 0 Å². The third-order valence-electron chi connectivity index (χ3n) is 3.67. The van der Waals surface area contributed by atoms with Gasteiger partial charge in [-0.1, -0.05) is 12.1 Å². The SMILES string of the molecule is O=C(Nc1cccc(Cn2cccn2)c1)N(CCO)C1CC1. The van der Waals surface area contributed by atoms with Crippen molar-refractivity contribution in [3.63, 3.8) is 0 Å². The van der Waals surface area contributed by atoms with Crippen LogP contribution in [0.4, 0.5) is 10.5 Å². The van der Waals surface area contributed by atoms with E-state index in [4.69, 9.17) is 5.11 Å². The minimum atomic E-state index is -0.146. The van der Waals surface area contributed by atoms with E-state index in [1.54, 1.807) is 11.1 Å². The average molecular weight is 300 g/mol. The van der Waals surface area contributed by atoms with Gasteiger partial charge in [0, 0.05) is 30.7 Å². The zero-order valence-electron chi connectivity index (χ0n) is 12.4. The summed E-state index contributed by atoms with van der Waals surface area (Å²) in [5.74, 6) is 0. The number of amides is 2. The van der Waals surface area contributed by atoms with Crippen LogP contribution in [0, 0.1) is 0 Å². The van der Waals surface area contributed by atoms with Gasteiger partial charge in [-0.2, -0.15) is 5.10 Å². The molecule has 2 aromatic rings. The molecule has 0 radical (unpaired) electrons. The second-order valence-corrected chi connectivity index (χ2v) is 5.48.